The van der Waals surface area contributed by atoms with Gasteiger partial charge in [-0.05, 0) is 11.1 Å². The van der Waals surface area contributed by atoms with Crippen LogP contribution in [0.5, 0.6) is 0 Å². The zero-order valence-corrected chi connectivity index (χ0v) is 12.2. The van der Waals surface area contributed by atoms with Gasteiger partial charge >= 0.3 is 0 Å². The van der Waals surface area contributed by atoms with Crippen molar-refractivity contribution in [2.45, 2.75) is 25.6 Å². The summed E-state index contributed by atoms with van der Waals surface area (Å²) < 4.78 is 16.6. The van der Waals surface area contributed by atoms with Crippen LogP contribution in [0.3, 0.4) is 0 Å². The lowest BCUT2D eigenvalue weighted by atomic mass is 10.2. The van der Waals surface area contributed by atoms with E-state index >= 15 is 0 Å². The molecule has 2 atom stereocenters. The van der Waals surface area contributed by atoms with Crippen molar-refractivity contribution in [2.24, 2.45) is 0 Å². The van der Waals surface area contributed by atoms with E-state index in [0.717, 1.165) is 11.1 Å². The van der Waals surface area contributed by atoms with E-state index < -0.39 is 12.4 Å². The molecule has 4 nitrogen and oxygen atoms in total. The Labute approximate surface area is 129 Å². The molecule has 1 heterocycles. The average Bonchev–Trinajstić information content (AvgIpc) is 2.93. The largest absolute Gasteiger partial charge is 0.363 e. The Morgan fingerprint density at radius 2 is 1.41 bits per heavy atom. The van der Waals surface area contributed by atoms with Crippen LogP contribution in [-0.2, 0) is 32.2 Å². The summed E-state index contributed by atoms with van der Waals surface area (Å²) in [5, 5.41) is 0. The second-order valence-electron chi connectivity index (χ2n) is 5.15. The van der Waals surface area contributed by atoms with Crippen molar-refractivity contribution < 1.29 is 19.0 Å². The summed E-state index contributed by atoms with van der Waals surface area (Å²) in [6, 6.07) is 19.5. The lowest BCUT2D eigenvalue weighted by molar-refractivity contribution is -0.155. The summed E-state index contributed by atoms with van der Waals surface area (Å²) in [4.78, 5) is 12.2. The van der Waals surface area contributed by atoms with E-state index in [2.05, 4.69) is 0 Å². The molecule has 0 bridgehead atoms. The molecule has 22 heavy (non-hydrogen) atoms. The molecule has 1 saturated heterocycles. The molecule has 2 unspecified atom stereocenters. The highest BCUT2D eigenvalue weighted by atomic mass is 16.7. The number of rotatable bonds is 6. The Morgan fingerprint density at radius 1 is 0.864 bits per heavy atom. The molecule has 0 saturated carbocycles. The van der Waals surface area contributed by atoms with E-state index in [1.54, 1.807) is 0 Å². The Kier molecular flexibility index (Phi) is 4.96. The van der Waals surface area contributed by atoms with Crippen molar-refractivity contribution in [2.75, 3.05) is 6.61 Å². The van der Waals surface area contributed by atoms with Crippen LogP contribution in [0.2, 0.25) is 0 Å². The van der Waals surface area contributed by atoms with Gasteiger partial charge in [-0.15, -0.1) is 0 Å². The van der Waals surface area contributed by atoms with Crippen molar-refractivity contribution in [1.82, 2.24) is 0 Å². The van der Waals surface area contributed by atoms with Crippen molar-refractivity contribution in [3.05, 3.63) is 71.8 Å². The molecule has 0 spiro atoms. The zero-order valence-electron chi connectivity index (χ0n) is 12.2. The standard InChI is InChI=1S/C18H18O4/c19-17-16(20-11-14-7-3-1-4-8-14)13-22-18(17)21-12-15-9-5-2-6-10-15/h1-10,16,18H,11-13H2. The summed E-state index contributed by atoms with van der Waals surface area (Å²) in [5.41, 5.74) is 2.04. The van der Waals surface area contributed by atoms with Gasteiger partial charge < -0.3 is 14.2 Å². The molecule has 2 aromatic carbocycles. The summed E-state index contributed by atoms with van der Waals surface area (Å²) in [7, 11) is 0. The van der Waals surface area contributed by atoms with Gasteiger partial charge in [-0.1, -0.05) is 60.7 Å². The summed E-state index contributed by atoms with van der Waals surface area (Å²) in [5.74, 6) is -0.146. The number of ether oxygens (including phenoxy) is 3. The SMILES string of the molecule is O=C1C(OCc2ccccc2)COC1OCc1ccccc1. The second kappa shape index (κ2) is 7.31. The van der Waals surface area contributed by atoms with E-state index in [4.69, 9.17) is 14.2 Å². The van der Waals surface area contributed by atoms with Crippen LogP contribution < -0.4 is 0 Å². The number of carbonyl (C=O) groups excluding carboxylic acids is 1. The maximum atomic E-state index is 12.2. The highest BCUT2D eigenvalue weighted by Crippen LogP contribution is 2.17. The van der Waals surface area contributed by atoms with Crippen LogP contribution >= 0.6 is 0 Å². The van der Waals surface area contributed by atoms with Gasteiger partial charge in [0.05, 0.1) is 19.8 Å². The van der Waals surface area contributed by atoms with Gasteiger partial charge in [0.15, 0.2) is 0 Å². The molecule has 1 aliphatic heterocycles. The lowest BCUT2D eigenvalue weighted by Gasteiger charge is -2.11. The Hall–Kier alpha value is -2.01. The number of Topliss-reactive ketones (excluding diaryl/α,β-unsaturated/α-hetero) is 1. The van der Waals surface area contributed by atoms with Gasteiger partial charge in [0.1, 0.15) is 6.10 Å². The van der Waals surface area contributed by atoms with Gasteiger partial charge in [-0.3, -0.25) is 4.79 Å². The molecule has 4 heteroatoms. The van der Waals surface area contributed by atoms with Crippen molar-refractivity contribution in [3.63, 3.8) is 0 Å². The monoisotopic (exact) mass is 298 g/mol. The maximum Gasteiger partial charge on any atom is 0.221 e. The molecule has 0 amide bonds. The van der Waals surface area contributed by atoms with Gasteiger partial charge in [0, 0.05) is 0 Å². The van der Waals surface area contributed by atoms with Crippen molar-refractivity contribution in [1.29, 1.82) is 0 Å². The molecule has 1 fully saturated rings. The molecule has 0 aromatic heterocycles. The van der Waals surface area contributed by atoms with Crippen LogP contribution in [0.4, 0.5) is 0 Å². The highest BCUT2D eigenvalue weighted by molar-refractivity contribution is 5.88. The topological polar surface area (TPSA) is 44.8 Å². The first kappa shape index (κ1) is 14.9. The highest BCUT2D eigenvalue weighted by Gasteiger charge is 2.36. The molecule has 3 rings (SSSR count). The van der Waals surface area contributed by atoms with Crippen LogP contribution in [0.25, 0.3) is 0 Å². The summed E-state index contributed by atoms with van der Waals surface area (Å²) in [6.45, 7) is 0.986. The minimum Gasteiger partial charge on any atom is -0.363 e. The van der Waals surface area contributed by atoms with Crippen LogP contribution in [0.1, 0.15) is 11.1 Å². The number of ketones is 1. The van der Waals surface area contributed by atoms with E-state index in [-0.39, 0.29) is 12.4 Å². The van der Waals surface area contributed by atoms with Crippen molar-refractivity contribution in [3.8, 4) is 0 Å². The second-order valence-corrected chi connectivity index (χ2v) is 5.15. The predicted octanol–water partition coefficient (Wildman–Crippen LogP) is 2.71. The van der Waals surface area contributed by atoms with Crippen LogP contribution in [-0.4, -0.2) is 24.8 Å². The van der Waals surface area contributed by atoms with Crippen LogP contribution in [0, 0.1) is 0 Å². The lowest BCUT2D eigenvalue weighted by Crippen LogP contribution is -2.28. The number of benzene rings is 2. The first-order valence-corrected chi connectivity index (χ1v) is 7.29. The number of carbonyl (C=O) groups is 1. The third-order valence-electron chi connectivity index (χ3n) is 3.49. The predicted molar refractivity (Wildman–Crippen MR) is 81.0 cm³/mol. The fourth-order valence-corrected chi connectivity index (χ4v) is 2.27. The molecule has 0 aliphatic carbocycles. The molecule has 0 radical (unpaired) electrons. The minimum absolute atomic E-state index is 0.146. The zero-order chi connectivity index (χ0) is 15.2. The van der Waals surface area contributed by atoms with E-state index in [0.29, 0.717) is 13.2 Å². The fourth-order valence-electron chi connectivity index (χ4n) is 2.27. The van der Waals surface area contributed by atoms with Crippen molar-refractivity contribution >= 4 is 5.78 Å². The third kappa shape index (κ3) is 3.80. The van der Waals surface area contributed by atoms with Gasteiger partial charge in [-0.2, -0.15) is 0 Å². The van der Waals surface area contributed by atoms with E-state index in [1.807, 2.05) is 60.7 Å². The first-order valence-electron chi connectivity index (χ1n) is 7.29. The van der Waals surface area contributed by atoms with E-state index in [9.17, 15) is 4.79 Å². The Bertz CT molecular complexity index is 543. The smallest absolute Gasteiger partial charge is 0.221 e. The van der Waals surface area contributed by atoms with E-state index in [1.165, 1.54) is 0 Å². The maximum absolute atomic E-state index is 12.2. The quantitative estimate of drug-likeness (QED) is 0.822. The third-order valence-corrected chi connectivity index (χ3v) is 3.49. The normalized spacial score (nSPS) is 21.2. The first-order chi connectivity index (χ1) is 10.8. The fraction of sp³-hybridized carbons (Fsp3) is 0.278. The summed E-state index contributed by atoms with van der Waals surface area (Å²) >= 11 is 0. The molecular formula is C18H18O4. The molecule has 2 aromatic rings. The summed E-state index contributed by atoms with van der Waals surface area (Å²) in [6.07, 6.45) is -1.39. The van der Waals surface area contributed by atoms with Crippen LogP contribution in [0.15, 0.2) is 60.7 Å². The number of hydrogen-bond donors (Lipinski definition) is 0. The minimum atomic E-state index is -0.832. The van der Waals surface area contributed by atoms with Gasteiger partial charge in [-0.25, -0.2) is 0 Å². The molecular weight excluding hydrogens is 280 g/mol. The molecule has 114 valence electrons. The number of hydrogen-bond acceptors (Lipinski definition) is 4. The molecule has 1 aliphatic rings. The Balaban J connectivity index is 1.47. The Morgan fingerprint density at radius 3 is 2.00 bits per heavy atom. The molecule has 0 N–H and O–H groups in total. The van der Waals surface area contributed by atoms with Gasteiger partial charge in [0.2, 0.25) is 12.1 Å². The average molecular weight is 298 g/mol. The van der Waals surface area contributed by atoms with Gasteiger partial charge in [0.25, 0.3) is 0 Å².